The predicted molar refractivity (Wildman–Crippen MR) is 72.2 cm³/mol. The average Bonchev–Trinajstić information content (AvgIpc) is 2.39. The zero-order valence-corrected chi connectivity index (χ0v) is 11.1. The van der Waals surface area contributed by atoms with Crippen molar-refractivity contribution in [3.05, 3.63) is 0 Å². The molecule has 3 heteroatoms. The van der Waals surface area contributed by atoms with Gasteiger partial charge in [-0.15, -0.1) is 0 Å². The molecule has 1 aliphatic carbocycles. The molecule has 2 rings (SSSR count). The van der Waals surface area contributed by atoms with E-state index < -0.39 is 0 Å². The Labute approximate surface area is 105 Å². The number of rotatable bonds is 3. The quantitative estimate of drug-likeness (QED) is 0.585. The molecule has 3 atom stereocenters. The molecule has 2 aliphatic rings. The lowest BCUT2D eigenvalue weighted by molar-refractivity contribution is 0.0955. The van der Waals surface area contributed by atoms with Crippen LogP contribution in [0.25, 0.3) is 0 Å². The number of amidine groups is 1. The van der Waals surface area contributed by atoms with Crippen LogP contribution in [0.15, 0.2) is 0 Å². The molecule has 1 saturated carbocycles. The van der Waals surface area contributed by atoms with Crippen molar-refractivity contribution in [2.75, 3.05) is 13.1 Å². The van der Waals surface area contributed by atoms with Crippen molar-refractivity contribution < 1.29 is 0 Å². The normalized spacial score (nSPS) is 35.7. The minimum Gasteiger partial charge on any atom is -0.387 e. The van der Waals surface area contributed by atoms with Crippen molar-refractivity contribution in [2.45, 2.75) is 57.9 Å². The molecule has 17 heavy (non-hydrogen) atoms. The zero-order valence-electron chi connectivity index (χ0n) is 11.1. The van der Waals surface area contributed by atoms with Crippen LogP contribution in [0.4, 0.5) is 0 Å². The maximum absolute atomic E-state index is 7.62. The van der Waals surface area contributed by atoms with Gasteiger partial charge in [-0.1, -0.05) is 26.2 Å². The molecule has 1 aliphatic heterocycles. The van der Waals surface area contributed by atoms with Gasteiger partial charge in [-0.25, -0.2) is 0 Å². The molecule has 0 radical (unpaired) electrons. The largest absolute Gasteiger partial charge is 0.387 e. The van der Waals surface area contributed by atoms with Crippen LogP contribution in [-0.2, 0) is 0 Å². The smallest absolute Gasteiger partial charge is 0.0949 e. The van der Waals surface area contributed by atoms with Gasteiger partial charge in [-0.2, -0.15) is 0 Å². The van der Waals surface area contributed by atoms with E-state index in [9.17, 15) is 0 Å². The third kappa shape index (κ3) is 3.21. The van der Waals surface area contributed by atoms with Crippen molar-refractivity contribution in [2.24, 2.45) is 17.6 Å². The molecule has 0 aromatic rings. The van der Waals surface area contributed by atoms with Gasteiger partial charge in [0.1, 0.15) is 0 Å². The fraction of sp³-hybridized carbons (Fsp3) is 0.929. The van der Waals surface area contributed by atoms with E-state index >= 15 is 0 Å². The third-order valence-electron chi connectivity index (χ3n) is 4.74. The summed E-state index contributed by atoms with van der Waals surface area (Å²) in [6.07, 6.45) is 9.23. The number of nitrogens with zero attached hydrogens (tertiary/aromatic N) is 1. The summed E-state index contributed by atoms with van der Waals surface area (Å²) in [6.45, 7) is 4.59. The van der Waals surface area contributed by atoms with E-state index in [1.54, 1.807) is 0 Å². The first-order valence-corrected chi connectivity index (χ1v) is 7.28. The number of nitrogens with two attached hydrogens (primary N) is 1. The minimum absolute atomic E-state index is 0.325. The highest BCUT2D eigenvalue weighted by atomic mass is 15.2. The lowest BCUT2D eigenvalue weighted by atomic mass is 9.82. The molecule has 1 heterocycles. The SMILES string of the molecule is CCC1CCCC(N2CCCC(C(=N)N)C2)C1. The van der Waals surface area contributed by atoms with E-state index in [-0.39, 0.29) is 0 Å². The summed E-state index contributed by atoms with van der Waals surface area (Å²) in [4.78, 5) is 2.62. The molecule has 0 spiro atoms. The standard InChI is InChI=1S/C14H27N3/c1-2-11-5-3-7-13(9-11)17-8-4-6-12(10-17)14(15)16/h11-13H,2-10H2,1H3,(H3,15,16). The van der Waals surface area contributed by atoms with Crippen LogP contribution in [-0.4, -0.2) is 29.9 Å². The minimum atomic E-state index is 0.325. The van der Waals surface area contributed by atoms with Gasteiger partial charge in [0.2, 0.25) is 0 Å². The predicted octanol–water partition coefficient (Wildman–Crippen LogP) is 2.60. The number of piperidine rings is 1. The molecule has 0 aromatic carbocycles. The molecule has 0 amide bonds. The molecule has 3 nitrogen and oxygen atoms in total. The first kappa shape index (κ1) is 12.9. The van der Waals surface area contributed by atoms with Gasteiger partial charge in [0.05, 0.1) is 5.84 Å². The lowest BCUT2D eigenvalue weighted by Crippen LogP contribution is -2.47. The molecule has 3 N–H and O–H groups in total. The maximum Gasteiger partial charge on any atom is 0.0949 e. The molecular weight excluding hydrogens is 210 g/mol. The van der Waals surface area contributed by atoms with Crippen molar-refractivity contribution in [1.82, 2.24) is 4.90 Å². The molecule has 3 unspecified atom stereocenters. The van der Waals surface area contributed by atoms with Gasteiger partial charge < -0.3 is 5.73 Å². The summed E-state index contributed by atoms with van der Waals surface area (Å²) in [5.74, 6) is 1.66. The van der Waals surface area contributed by atoms with E-state index in [1.807, 2.05) is 0 Å². The fourth-order valence-electron chi connectivity index (χ4n) is 3.56. The Kier molecular flexibility index (Phi) is 4.43. The van der Waals surface area contributed by atoms with Crippen LogP contribution >= 0.6 is 0 Å². The second kappa shape index (κ2) is 5.85. The summed E-state index contributed by atoms with van der Waals surface area (Å²) in [5, 5.41) is 7.62. The number of hydrogen-bond acceptors (Lipinski definition) is 2. The summed E-state index contributed by atoms with van der Waals surface area (Å²) in [7, 11) is 0. The molecule has 0 bridgehead atoms. The Morgan fingerprint density at radius 3 is 2.82 bits per heavy atom. The Hall–Kier alpha value is -0.570. The van der Waals surface area contributed by atoms with Crippen molar-refractivity contribution in [1.29, 1.82) is 5.41 Å². The van der Waals surface area contributed by atoms with Crippen LogP contribution in [0, 0.1) is 17.2 Å². The highest BCUT2D eigenvalue weighted by Gasteiger charge is 2.30. The third-order valence-corrected chi connectivity index (χ3v) is 4.74. The van der Waals surface area contributed by atoms with Gasteiger partial charge in [-0.05, 0) is 38.1 Å². The van der Waals surface area contributed by atoms with Crippen LogP contribution in [0.5, 0.6) is 0 Å². The Morgan fingerprint density at radius 2 is 2.12 bits per heavy atom. The Bertz CT molecular complexity index is 264. The van der Waals surface area contributed by atoms with Crippen molar-refractivity contribution >= 4 is 5.84 Å². The van der Waals surface area contributed by atoms with Gasteiger partial charge in [0.15, 0.2) is 0 Å². The molecular formula is C14H27N3. The van der Waals surface area contributed by atoms with E-state index in [0.29, 0.717) is 11.8 Å². The number of hydrogen-bond donors (Lipinski definition) is 2. The fourth-order valence-corrected chi connectivity index (χ4v) is 3.56. The second-order valence-corrected chi connectivity index (χ2v) is 5.88. The highest BCUT2D eigenvalue weighted by molar-refractivity contribution is 5.79. The van der Waals surface area contributed by atoms with Crippen molar-refractivity contribution in [3.63, 3.8) is 0 Å². The molecule has 0 aromatic heterocycles. The molecule has 98 valence electrons. The Morgan fingerprint density at radius 1 is 1.29 bits per heavy atom. The van der Waals surface area contributed by atoms with Gasteiger partial charge in [0, 0.05) is 18.5 Å². The first-order valence-electron chi connectivity index (χ1n) is 7.28. The maximum atomic E-state index is 7.62. The summed E-state index contributed by atoms with van der Waals surface area (Å²) >= 11 is 0. The van der Waals surface area contributed by atoms with Gasteiger partial charge in [0.25, 0.3) is 0 Å². The number of nitrogens with one attached hydrogen (secondary N) is 1. The molecule has 1 saturated heterocycles. The highest BCUT2D eigenvalue weighted by Crippen LogP contribution is 2.31. The monoisotopic (exact) mass is 237 g/mol. The first-order chi connectivity index (χ1) is 8.20. The van der Waals surface area contributed by atoms with Crippen LogP contribution in [0.1, 0.15) is 51.9 Å². The Balaban J connectivity index is 1.90. The van der Waals surface area contributed by atoms with Gasteiger partial charge in [-0.3, -0.25) is 10.3 Å². The van der Waals surface area contributed by atoms with E-state index in [0.717, 1.165) is 24.9 Å². The summed E-state index contributed by atoms with van der Waals surface area (Å²) < 4.78 is 0. The van der Waals surface area contributed by atoms with E-state index in [2.05, 4.69) is 11.8 Å². The molecule has 2 fully saturated rings. The number of likely N-dealkylation sites (tertiary alicyclic amines) is 1. The summed E-state index contributed by atoms with van der Waals surface area (Å²) in [6, 6.07) is 0.774. The van der Waals surface area contributed by atoms with Crippen LogP contribution < -0.4 is 5.73 Å². The van der Waals surface area contributed by atoms with Crippen molar-refractivity contribution in [3.8, 4) is 0 Å². The summed E-state index contributed by atoms with van der Waals surface area (Å²) in [5.41, 5.74) is 5.67. The van der Waals surface area contributed by atoms with E-state index in [1.165, 1.54) is 45.1 Å². The second-order valence-electron chi connectivity index (χ2n) is 5.88. The van der Waals surface area contributed by atoms with Crippen LogP contribution in [0.3, 0.4) is 0 Å². The van der Waals surface area contributed by atoms with Gasteiger partial charge >= 0.3 is 0 Å². The average molecular weight is 237 g/mol. The van der Waals surface area contributed by atoms with Crippen LogP contribution in [0.2, 0.25) is 0 Å². The lowest BCUT2D eigenvalue weighted by Gasteiger charge is -2.41. The topological polar surface area (TPSA) is 53.1 Å². The zero-order chi connectivity index (χ0) is 12.3. The van der Waals surface area contributed by atoms with E-state index in [4.69, 9.17) is 11.1 Å².